The highest BCUT2D eigenvalue weighted by Gasteiger charge is 2.26. The van der Waals surface area contributed by atoms with E-state index in [2.05, 4.69) is 40.1 Å². The Kier molecular flexibility index (Phi) is 7.86. The summed E-state index contributed by atoms with van der Waals surface area (Å²) in [5.74, 6) is -0.304. The summed E-state index contributed by atoms with van der Waals surface area (Å²) in [4.78, 5) is 27.8. The van der Waals surface area contributed by atoms with Crippen LogP contribution in [0, 0.1) is 5.92 Å². The molecule has 2 atom stereocenters. The van der Waals surface area contributed by atoms with Crippen LogP contribution in [0.25, 0.3) is 10.9 Å². The van der Waals surface area contributed by atoms with E-state index in [0.717, 1.165) is 27.4 Å². The van der Waals surface area contributed by atoms with Crippen LogP contribution in [0.1, 0.15) is 32.8 Å². The summed E-state index contributed by atoms with van der Waals surface area (Å²) in [5.41, 5.74) is 1.89. The molecule has 0 aliphatic heterocycles. The van der Waals surface area contributed by atoms with E-state index in [1.54, 1.807) is 6.92 Å². The maximum absolute atomic E-state index is 12.4. The highest BCUT2D eigenvalue weighted by atomic mass is 79.9. The van der Waals surface area contributed by atoms with Crippen LogP contribution in [0.2, 0.25) is 0 Å². The van der Waals surface area contributed by atoms with Crippen molar-refractivity contribution >= 4 is 38.7 Å². The molecule has 2 aromatic rings. The van der Waals surface area contributed by atoms with Gasteiger partial charge in [-0.15, -0.1) is 0 Å². The van der Waals surface area contributed by atoms with Crippen LogP contribution >= 0.6 is 15.9 Å². The standard InChI is InChI=1S/C20H27BrN2O4/c1-12(2)7-8-27-13(3)19(24)23-18(20(25)26-4)9-14-11-22-17-6-5-15(21)10-16(14)17/h5-6,10-13,18,22H,7-9H2,1-4H3,(H,23,24)/t13-,18+/m1/s1. The van der Waals surface area contributed by atoms with Crippen LogP contribution in [-0.2, 0) is 25.5 Å². The van der Waals surface area contributed by atoms with Crippen molar-refractivity contribution in [2.24, 2.45) is 5.92 Å². The van der Waals surface area contributed by atoms with Crippen LogP contribution in [0.15, 0.2) is 28.9 Å². The number of aromatic amines is 1. The first kappa shape index (κ1) is 21.4. The van der Waals surface area contributed by atoms with Gasteiger partial charge in [0, 0.05) is 34.6 Å². The molecule has 0 spiro atoms. The van der Waals surface area contributed by atoms with Gasteiger partial charge in [-0.3, -0.25) is 4.79 Å². The number of benzene rings is 1. The van der Waals surface area contributed by atoms with Crippen molar-refractivity contribution in [3.63, 3.8) is 0 Å². The number of fused-ring (bicyclic) bond motifs is 1. The van der Waals surface area contributed by atoms with Crippen molar-refractivity contribution in [3.8, 4) is 0 Å². The maximum Gasteiger partial charge on any atom is 0.328 e. The molecule has 7 heteroatoms. The number of methoxy groups -OCH3 is 1. The Hall–Kier alpha value is -1.86. The summed E-state index contributed by atoms with van der Waals surface area (Å²) in [6.45, 7) is 6.39. The van der Waals surface area contributed by atoms with Gasteiger partial charge in [0.2, 0.25) is 5.91 Å². The molecule has 0 aliphatic carbocycles. The van der Waals surface area contributed by atoms with Crippen molar-refractivity contribution in [2.45, 2.75) is 45.8 Å². The summed E-state index contributed by atoms with van der Waals surface area (Å²) in [7, 11) is 1.32. The number of hydrogen-bond donors (Lipinski definition) is 2. The number of carbonyl (C=O) groups is 2. The van der Waals surface area contributed by atoms with Crippen molar-refractivity contribution in [1.82, 2.24) is 10.3 Å². The lowest BCUT2D eigenvalue weighted by molar-refractivity contribution is -0.146. The molecule has 148 valence electrons. The molecule has 1 heterocycles. The lowest BCUT2D eigenvalue weighted by atomic mass is 10.0. The molecule has 1 aromatic carbocycles. The minimum absolute atomic E-state index is 0.324. The van der Waals surface area contributed by atoms with Gasteiger partial charge >= 0.3 is 5.97 Å². The van der Waals surface area contributed by atoms with E-state index in [9.17, 15) is 9.59 Å². The van der Waals surface area contributed by atoms with Crippen molar-refractivity contribution in [3.05, 3.63) is 34.4 Å². The van der Waals surface area contributed by atoms with E-state index in [0.29, 0.717) is 18.9 Å². The highest BCUT2D eigenvalue weighted by Crippen LogP contribution is 2.24. The molecule has 0 unspecified atom stereocenters. The normalized spacial score (nSPS) is 13.6. The molecule has 27 heavy (non-hydrogen) atoms. The summed E-state index contributed by atoms with van der Waals surface area (Å²) >= 11 is 3.46. The molecule has 0 saturated heterocycles. The zero-order chi connectivity index (χ0) is 20.0. The Bertz CT molecular complexity index is 787. The van der Waals surface area contributed by atoms with Gasteiger partial charge < -0.3 is 19.8 Å². The third kappa shape index (κ3) is 6.07. The first-order valence-electron chi connectivity index (χ1n) is 9.07. The summed E-state index contributed by atoms with van der Waals surface area (Å²) in [6.07, 6.45) is 2.42. The van der Waals surface area contributed by atoms with Gasteiger partial charge in [-0.2, -0.15) is 0 Å². The Morgan fingerprint density at radius 1 is 1.26 bits per heavy atom. The minimum Gasteiger partial charge on any atom is -0.467 e. The number of nitrogens with one attached hydrogen (secondary N) is 2. The number of rotatable bonds is 9. The second-order valence-electron chi connectivity index (χ2n) is 6.99. The van der Waals surface area contributed by atoms with Crippen LogP contribution in [-0.4, -0.2) is 42.7 Å². The zero-order valence-electron chi connectivity index (χ0n) is 16.2. The second kappa shape index (κ2) is 9.90. The number of H-pyrrole nitrogens is 1. The fourth-order valence-electron chi connectivity index (χ4n) is 2.72. The third-order valence-electron chi connectivity index (χ3n) is 4.39. The molecule has 1 amide bonds. The molecule has 6 nitrogen and oxygen atoms in total. The monoisotopic (exact) mass is 438 g/mol. The van der Waals surface area contributed by atoms with E-state index in [1.807, 2.05) is 24.4 Å². The van der Waals surface area contributed by atoms with E-state index < -0.39 is 18.1 Å². The Labute approximate surface area is 168 Å². The molecular weight excluding hydrogens is 412 g/mol. The molecular formula is C20H27BrN2O4. The average Bonchev–Trinajstić information content (AvgIpc) is 3.01. The van der Waals surface area contributed by atoms with Crippen LogP contribution < -0.4 is 5.32 Å². The predicted octanol–water partition coefficient (Wildman–Crippen LogP) is 3.58. The van der Waals surface area contributed by atoms with Crippen molar-refractivity contribution in [2.75, 3.05) is 13.7 Å². The number of halogens is 1. The van der Waals surface area contributed by atoms with E-state index in [1.165, 1.54) is 7.11 Å². The summed E-state index contributed by atoms with van der Waals surface area (Å²) in [6, 6.07) is 5.10. The fourth-order valence-corrected chi connectivity index (χ4v) is 3.08. The molecule has 1 aromatic heterocycles. The first-order valence-corrected chi connectivity index (χ1v) is 9.86. The number of hydrogen-bond acceptors (Lipinski definition) is 4. The summed E-state index contributed by atoms with van der Waals surface area (Å²) in [5, 5.41) is 3.75. The van der Waals surface area contributed by atoms with Gasteiger partial charge in [0.25, 0.3) is 0 Å². The first-order chi connectivity index (χ1) is 12.8. The SMILES string of the molecule is COC(=O)[C@H](Cc1c[nH]c2ccc(Br)cc12)NC(=O)[C@@H](C)OCCC(C)C. The molecule has 0 radical (unpaired) electrons. The smallest absolute Gasteiger partial charge is 0.328 e. The number of ether oxygens (including phenoxy) is 2. The summed E-state index contributed by atoms with van der Waals surface area (Å²) < 4.78 is 11.4. The van der Waals surface area contributed by atoms with E-state index in [4.69, 9.17) is 9.47 Å². The fraction of sp³-hybridized carbons (Fsp3) is 0.500. The van der Waals surface area contributed by atoms with Crippen molar-refractivity contribution < 1.29 is 19.1 Å². The topological polar surface area (TPSA) is 80.4 Å². The molecule has 0 fully saturated rings. The van der Waals surface area contributed by atoms with Gasteiger partial charge in [0.15, 0.2) is 0 Å². The lowest BCUT2D eigenvalue weighted by Gasteiger charge is -2.20. The van der Waals surface area contributed by atoms with Gasteiger partial charge in [-0.1, -0.05) is 29.8 Å². The maximum atomic E-state index is 12.4. The van der Waals surface area contributed by atoms with Gasteiger partial charge in [-0.05, 0) is 43.0 Å². The van der Waals surface area contributed by atoms with Crippen LogP contribution in [0.5, 0.6) is 0 Å². The van der Waals surface area contributed by atoms with E-state index in [-0.39, 0.29) is 5.91 Å². The third-order valence-corrected chi connectivity index (χ3v) is 4.88. The van der Waals surface area contributed by atoms with Gasteiger partial charge in [-0.25, -0.2) is 4.79 Å². The quantitative estimate of drug-likeness (QED) is 0.586. The Morgan fingerprint density at radius 3 is 2.67 bits per heavy atom. The lowest BCUT2D eigenvalue weighted by Crippen LogP contribution is -2.47. The minimum atomic E-state index is -0.781. The molecule has 0 saturated carbocycles. The number of aromatic nitrogens is 1. The molecule has 0 aliphatic rings. The molecule has 0 bridgehead atoms. The molecule has 2 rings (SSSR count). The van der Waals surface area contributed by atoms with Crippen molar-refractivity contribution in [1.29, 1.82) is 0 Å². The number of carbonyl (C=O) groups excluding carboxylic acids is 2. The highest BCUT2D eigenvalue weighted by molar-refractivity contribution is 9.10. The largest absolute Gasteiger partial charge is 0.467 e. The number of esters is 1. The Morgan fingerprint density at radius 2 is 2.00 bits per heavy atom. The number of amides is 1. The van der Waals surface area contributed by atoms with Crippen LogP contribution in [0.3, 0.4) is 0 Å². The van der Waals surface area contributed by atoms with Crippen LogP contribution in [0.4, 0.5) is 0 Å². The average molecular weight is 439 g/mol. The Balaban J connectivity index is 2.07. The van der Waals surface area contributed by atoms with Gasteiger partial charge in [0.05, 0.1) is 7.11 Å². The van der Waals surface area contributed by atoms with Gasteiger partial charge in [0.1, 0.15) is 12.1 Å². The zero-order valence-corrected chi connectivity index (χ0v) is 17.8. The van der Waals surface area contributed by atoms with E-state index >= 15 is 0 Å². The predicted molar refractivity (Wildman–Crippen MR) is 109 cm³/mol. The second-order valence-corrected chi connectivity index (χ2v) is 7.90. The molecule has 2 N–H and O–H groups in total.